The number of nitrogens with zero attached hydrogens (tertiary/aromatic N) is 1. The molecule has 0 bridgehead atoms. The van der Waals surface area contributed by atoms with Crippen molar-refractivity contribution >= 4 is 11.6 Å². The molecular formula is C18H29N3O2. The molecule has 1 aliphatic heterocycles. The second-order valence-electron chi connectivity index (χ2n) is 6.23. The number of benzene rings is 1. The Morgan fingerprint density at radius 2 is 2.00 bits per heavy atom. The zero-order valence-corrected chi connectivity index (χ0v) is 14.3. The minimum atomic E-state index is -0.472. The van der Waals surface area contributed by atoms with Gasteiger partial charge in [-0.1, -0.05) is 26.0 Å². The number of anilines is 1. The van der Waals surface area contributed by atoms with Gasteiger partial charge in [0.05, 0.1) is 18.6 Å². The van der Waals surface area contributed by atoms with Crippen molar-refractivity contribution < 1.29 is 9.53 Å². The van der Waals surface area contributed by atoms with Gasteiger partial charge in [0.15, 0.2) is 0 Å². The van der Waals surface area contributed by atoms with E-state index < -0.39 is 5.41 Å². The first-order valence-corrected chi connectivity index (χ1v) is 8.54. The third-order valence-corrected chi connectivity index (χ3v) is 4.92. The predicted molar refractivity (Wildman–Crippen MR) is 93.2 cm³/mol. The highest BCUT2D eigenvalue weighted by Gasteiger charge is 2.33. The molecule has 0 aromatic heterocycles. The second-order valence-corrected chi connectivity index (χ2v) is 6.23. The highest BCUT2D eigenvalue weighted by atomic mass is 16.5. The molecule has 5 heteroatoms. The molecule has 23 heavy (non-hydrogen) atoms. The summed E-state index contributed by atoms with van der Waals surface area (Å²) >= 11 is 0. The number of amides is 1. The molecule has 0 aliphatic carbocycles. The summed E-state index contributed by atoms with van der Waals surface area (Å²) in [6, 6.07) is 8.08. The van der Waals surface area contributed by atoms with Crippen LogP contribution in [0.25, 0.3) is 0 Å². The zero-order valence-electron chi connectivity index (χ0n) is 14.3. The lowest BCUT2D eigenvalue weighted by molar-refractivity contribution is -0.125. The number of rotatable bonds is 7. The monoisotopic (exact) mass is 319 g/mol. The van der Waals surface area contributed by atoms with Gasteiger partial charge in [-0.25, -0.2) is 0 Å². The molecule has 0 radical (unpaired) electrons. The Labute approximate surface area is 139 Å². The van der Waals surface area contributed by atoms with Crippen LogP contribution in [0.3, 0.4) is 0 Å². The second kappa shape index (κ2) is 8.43. The topological polar surface area (TPSA) is 67.6 Å². The van der Waals surface area contributed by atoms with Gasteiger partial charge in [-0.3, -0.25) is 9.69 Å². The minimum Gasteiger partial charge on any atom is -0.379 e. The van der Waals surface area contributed by atoms with Crippen LogP contribution < -0.4 is 11.1 Å². The minimum absolute atomic E-state index is 0.0218. The van der Waals surface area contributed by atoms with Crippen molar-refractivity contribution in [1.82, 2.24) is 4.90 Å². The standard InChI is InChI=1S/C18H29N3O2/c1-3-18(4-2,14-19)17(22)20-16-7-5-6-15(12-16)13-21-8-10-23-11-9-21/h5-7,12H,3-4,8-11,13-14,19H2,1-2H3,(H,20,22). The molecule has 3 N–H and O–H groups in total. The van der Waals surface area contributed by atoms with E-state index >= 15 is 0 Å². The van der Waals surface area contributed by atoms with E-state index in [2.05, 4.69) is 22.3 Å². The fourth-order valence-corrected chi connectivity index (χ4v) is 2.98. The molecule has 1 amide bonds. The number of nitrogens with two attached hydrogens (primary N) is 1. The van der Waals surface area contributed by atoms with Crippen molar-refractivity contribution in [3.8, 4) is 0 Å². The largest absolute Gasteiger partial charge is 0.379 e. The molecule has 128 valence electrons. The SMILES string of the molecule is CCC(CC)(CN)C(=O)Nc1cccc(CN2CCOCC2)c1. The van der Waals surface area contributed by atoms with E-state index in [1.54, 1.807) is 0 Å². The summed E-state index contributed by atoms with van der Waals surface area (Å²) in [7, 11) is 0. The molecule has 1 heterocycles. The quantitative estimate of drug-likeness (QED) is 0.809. The number of ether oxygens (including phenoxy) is 1. The van der Waals surface area contributed by atoms with Gasteiger partial charge in [0, 0.05) is 31.9 Å². The summed E-state index contributed by atoms with van der Waals surface area (Å²) in [6.45, 7) is 8.80. The summed E-state index contributed by atoms with van der Waals surface area (Å²) in [5.74, 6) is 0.0218. The number of morpholine rings is 1. The lowest BCUT2D eigenvalue weighted by Gasteiger charge is -2.29. The van der Waals surface area contributed by atoms with E-state index in [9.17, 15) is 4.79 Å². The maximum absolute atomic E-state index is 12.6. The maximum Gasteiger partial charge on any atom is 0.231 e. The Hall–Kier alpha value is -1.43. The van der Waals surface area contributed by atoms with Crippen molar-refractivity contribution in [3.05, 3.63) is 29.8 Å². The lowest BCUT2D eigenvalue weighted by atomic mass is 9.81. The Bertz CT molecular complexity index is 500. The van der Waals surface area contributed by atoms with Crippen molar-refractivity contribution in [1.29, 1.82) is 0 Å². The van der Waals surface area contributed by atoms with Crippen LogP contribution >= 0.6 is 0 Å². The van der Waals surface area contributed by atoms with Crippen LogP contribution in [-0.2, 0) is 16.1 Å². The van der Waals surface area contributed by atoms with Crippen LogP contribution in [0.4, 0.5) is 5.69 Å². The Morgan fingerprint density at radius 3 is 2.61 bits per heavy atom. The van der Waals surface area contributed by atoms with E-state index in [0.29, 0.717) is 6.54 Å². The predicted octanol–water partition coefficient (Wildman–Crippen LogP) is 2.22. The average Bonchev–Trinajstić information content (AvgIpc) is 2.58. The Balaban J connectivity index is 2.03. The molecule has 1 aromatic rings. The van der Waals surface area contributed by atoms with Crippen LogP contribution in [-0.4, -0.2) is 43.7 Å². The van der Waals surface area contributed by atoms with E-state index in [0.717, 1.165) is 51.4 Å². The Morgan fingerprint density at radius 1 is 1.30 bits per heavy atom. The van der Waals surface area contributed by atoms with E-state index in [4.69, 9.17) is 10.5 Å². The van der Waals surface area contributed by atoms with Gasteiger partial charge in [-0.05, 0) is 30.5 Å². The fraction of sp³-hybridized carbons (Fsp3) is 0.611. The number of hydrogen-bond acceptors (Lipinski definition) is 4. The van der Waals surface area contributed by atoms with E-state index in [-0.39, 0.29) is 5.91 Å². The number of carbonyl (C=O) groups is 1. The van der Waals surface area contributed by atoms with E-state index in [1.807, 2.05) is 26.0 Å². The number of nitrogens with one attached hydrogen (secondary N) is 1. The average molecular weight is 319 g/mol. The third kappa shape index (κ3) is 4.53. The summed E-state index contributed by atoms with van der Waals surface area (Å²) < 4.78 is 5.38. The first-order chi connectivity index (χ1) is 11.1. The zero-order chi connectivity index (χ0) is 16.7. The highest BCUT2D eigenvalue weighted by Crippen LogP contribution is 2.27. The molecule has 1 aliphatic rings. The van der Waals surface area contributed by atoms with Crippen LogP contribution in [0.15, 0.2) is 24.3 Å². The van der Waals surface area contributed by atoms with Gasteiger partial charge in [-0.2, -0.15) is 0 Å². The highest BCUT2D eigenvalue weighted by molar-refractivity contribution is 5.95. The van der Waals surface area contributed by atoms with Gasteiger partial charge >= 0.3 is 0 Å². The van der Waals surface area contributed by atoms with Gasteiger partial charge < -0.3 is 15.8 Å². The molecule has 2 rings (SSSR count). The van der Waals surface area contributed by atoms with Gasteiger partial charge in [-0.15, -0.1) is 0 Å². The molecular weight excluding hydrogens is 290 g/mol. The smallest absolute Gasteiger partial charge is 0.231 e. The van der Waals surface area contributed by atoms with Gasteiger partial charge in [0.2, 0.25) is 5.91 Å². The van der Waals surface area contributed by atoms with Crippen molar-refractivity contribution in [2.75, 3.05) is 38.2 Å². The van der Waals surface area contributed by atoms with Crippen molar-refractivity contribution in [2.45, 2.75) is 33.2 Å². The first-order valence-electron chi connectivity index (χ1n) is 8.54. The first kappa shape index (κ1) is 17.9. The van der Waals surface area contributed by atoms with Crippen LogP contribution in [0, 0.1) is 5.41 Å². The normalized spacial score (nSPS) is 16.3. The molecule has 5 nitrogen and oxygen atoms in total. The number of carbonyl (C=O) groups excluding carboxylic acids is 1. The van der Waals surface area contributed by atoms with Crippen LogP contribution in [0.5, 0.6) is 0 Å². The fourth-order valence-electron chi connectivity index (χ4n) is 2.98. The molecule has 1 saturated heterocycles. The molecule has 0 unspecified atom stereocenters. The molecule has 0 spiro atoms. The third-order valence-electron chi connectivity index (χ3n) is 4.92. The summed E-state index contributed by atoms with van der Waals surface area (Å²) in [5, 5.41) is 3.05. The van der Waals surface area contributed by atoms with Gasteiger partial charge in [0.1, 0.15) is 0 Å². The molecule has 1 aromatic carbocycles. The lowest BCUT2D eigenvalue weighted by Crippen LogP contribution is -2.41. The summed E-state index contributed by atoms with van der Waals surface area (Å²) in [4.78, 5) is 15.0. The van der Waals surface area contributed by atoms with Crippen LogP contribution in [0.1, 0.15) is 32.3 Å². The summed E-state index contributed by atoms with van der Waals surface area (Å²) in [5.41, 5.74) is 7.44. The molecule has 0 atom stereocenters. The summed E-state index contributed by atoms with van der Waals surface area (Å²) in [6.07, 6.45) is 1.50. The molecule has 1 fully saturated rings. The Kier molecular flexibility index (Phi) is 6.57. The maximum atomic E-state index is 12.6. The molecule has 0 saturated carbocycles. The van der Waals surface area contributed by atoms with Crippen molar-refractivity contribution in [2.24, 2.45) is 11.1 Å². The number of hydrogen-bond donors (Lipinski definition) is 2. The van der Waals surface area contributed by atoms with E-state index in [1.165, 1.54) is 5.56 Å². The van der Waals surface area contributed by atoms with Crippen LogP contribution in [0.2, 0.25) is 0 Å². The van der Waals surface area contributed by atoms with Crippen molar-refractivity contribution in [3.63, 3.8) is 0 Å². The van der Waals surface area contributed by atoms with Gasteiger partial charge in [0.25, 0.3) is 0 Å².